The quantitative estimate of drug-likeness (QED) is 0.626. The number of amides is 3. The van der Waals surface area contributed by atoms with E-state index in [2.05, 4.69) is 33.5 Å². The molecule has 1 N–H and O–H groups in total. The van der Waals surface area contributed by atoms with Crippen LogP contribution >= 0.6 is 15.9 Å². The van der Waals surface area contributed by atoms with Gasteiger partial charge in [-0.2, -0.15) is 5.01 Å². The number of carbonyl (C=O) groups is 3. The van der Waals surface area contributed by atoms with Crippen molar-refractivity contribution in [3.63, 3.8) is 0 Å². The van der Waals surface area contributed by atoms with E-state index >= 15 is 0 Å². The smallest absolute Gasteiger partial charge is 0.270 e. The van der Waals surface area contributed by atoms with E-state index in [1.54, 1.807) is 18.2 Å². The van der Waals surface area contributed by atoms with Crippen molar-refractivity contribution in [3.8, 4) is 0 Å². The first kappa shape index (κ1) is 14.4. The zero-order chi connectivity index (χ0) is 16.6. The molecule has 1 spiro atoms. The third kappa shape index (κ3) is 1.67. The Labute approximate surface area is 147 Å². The number of hydrogen-bond acceptors (Lipinski definition) is 3. The molecule has 4 unspecified atom stereocenters. The Balaban J connectivity index is 1.41. The molecule has 1 saturated heterocycles. The average Bonchev–Trinajstić information content (AvgIpc) is 3.17. The van der Waals surface area contributed by atoms with Crippen molar-refractivity contribution >= 4 is 33.7 Å². The van der Waals surface area contributed by atoms with Gasteiger partial charge in [0.1, 0.15) is 0 Å². The average molecular weight is 387 g/mol. The molecule has 3 amide bonds. The fourth-order valence-electron chi connectivity index (χ4n) is 4.98. The molecule has 4 atom stereocenters. The van der Waals surface area contributed by atoms with Crippen LogP contribution in [0.3, 0.4) is 0 Å². The van der Waals surface area contributed by atoms with Gasteiger partial charge < -0.3 is 0 Å². The fourth-order valence-corrected chi connectivity index (χ4v) is 5.38. The molecular weight excluding hydrogens is 372 g/mol. The van der Waals surface area contributed by atoms with E-state index in [0.29, 0.717) is 5.56 Å². The van der Waals surface area contributed by atoms with Crippen LogP contribution in [0.4, 0.5) is 0 Å². The Bertz CT molecular complexity index is 795. The fraction of sp³-hybridized carbons (Fsp3) is 0.389. The lowest BCUT2D eigenvalue weighted by atomic mass is 9.85. The molecule has 0 radical (unpaired) electrons. The summed E-state index contributed by atoms with van der Waals surface area (Å²) in [5.41, 5.74) is 3.09. The van der Waals surface area contributed by atoms with Crippen LogP contribution in [0.1, 0.15) is 23.2 Å². The second kappa shape index (κ2) is 4.57. The van der Waals surface area contributed by atoms with E-state index < -0.39 is 5.91 Å². The van der Waals surface area contributed by atoms with E-state index in [1.165, 1.54) is 0 Å². The predicted molar refractivity (Wildman–Crippen MR) is 88.2 cm³/mol. The molecule has 2 saturated carbocycles. The third-order valence-corrected chi connectivity index (χ3v) is 6.65. The molecule has 6 heteroatoms. The van der Waals surface area contributed by atoms with Crippen LogP contribution in [0.5, 0.6) is 0 Å². The maximum absolute atomic E-state index is 12.8. The number of nitrogens with one attached hydrogen (secondary N) is 1. The highest BCUT2D eigenvalue weighted by Crippen LogP contribution is 2.73. The van der Waals surface area contributed by atoms with Crippen molar-refractivity contribution in [1.29, 1.82) is 0 Å². The van der Waals surface area contributed by atoms with Crippen LogP contribution in [0.25, 0.3) is 0 Å². The summed E-state index contributed by atoms with van der Waals surface area (Å²) in [6, 6.07) is 6.86. The number of nitrogens with zero attached hydrogens (tertiary/aromatic N) is 1. The molecule has 5 rings (SSSR count). The number of halogens is 1. The van der Waals surface area contributed by atoms with Crippen molar-refractivity contribution in [2.45, 2.75) is 12.8 Å². The molecular formula is C18H15BrN2O3. The first-order valence-corrected chi connectivity index (χ1v) is 8.95. The van der Waals surface area contributed by atoms with E-state index in [4.69, 9.17) is 0 Å². The Morgan fingerprint density at radius 2 is 1.75 bits per heavy atom. The first-order valence-electron chi connectivity index (χ1n) is 8.16. The van der Waals surface area contributed by atoms with Gasteiger partial charge in [-0.1, -0.05) is 34.1 Å². The summed E-state index contributed by atoms with van der Waals surface area (Å²) in [5, 5.41) is 0.959. The minimum absolute atomic E-state index is 0.164. The number of allylic oxidation sites excluding steroid dienone is 2. The molecule has 0 aromatic heterocycles. The van der Waals surface area contributed by atoms with Crippen LogP contribution in [0.15, 0.2) is 40.9 Å². The van der Waals surface area contributed by atoms with Gasteiger partial charge in [0.2, 0.25) is 0 Å². The molecule has 1 aromatic rings. The van der Waals surface area contributed by atoms with Gasteiger partial charge in [-0.25, -0.2) is 0 Å². The molecule has 1 aliphatic heterocycles. The van der Waals surface area contributed by atoms with E-state index in [-0.39, 0.29) is 40.9 Å². The zero-order valence-electron chi connectivity index (χ0n) is 12.7. The lowest BCUT2D eigenvalue weighted by molar-refractivity contribution is -0.144. The summed E-state index contributed by atoms with van der Waals surface area (Å²) in [6.07, 6.45) is 6.44. The zero-order valence-corrected chi connectivity index (χ0v) is 14.3. The summed E-state index contributed by atoms with van der Waals surface area (Å²) in [6.45, 7) is 0. The topological polar surface area (TPSA) is 66.5 Å². The number of imide groups is 1. The number of benzene rings is 1. The number of carbonyl (C=O) groups excluding carboxylic acids is 3. The summed E-state index contributed by atoms with van der Waals surface area (Å²) in [5.74, 6) is -1.21. The van der Waals surface area contributed by atoms with Crippen molar-refractivity contribution in [1.82, 2.24) is 10.4 Å². The van der Waals surface area contributed by atoms with Crippen LogP contribution in [0, 0.1) is 29.1 Å². The second-order valence-electron chi connectivity index (χ2n) is 7.18. The minimum atomic E-state index is -0.445. The highest BCUT2D eigenvalue weighted by atomic mass is 79.9. The molecule has 1 heterocycles. The summed E-state index contributed by atoms with van der Waals surface area (Å²) >= 11 is 3.31. The number of rotatable bonds is 2. The number of fused-ring (bicyclic) bond motifs is 3. The van der Waals surface area contributed by atoms with Crippen LogP contribution in [-0.4, -0.2) is 22.7 Å². The molecule has 24 heavy (non-hydrogen) atoms. The molecule has 2 bridgehead atoms. The second-order valence-corrected chi connectivity index (χ2v) is 8.10. The third-order valence-electron chi connectivity index (χ3n) is 6.15. The summed E-state index contributed by atoms with van der Waals surface area (Å²) in [4.78, 5) is 38.0. The van der Waals surface area contributed by atoms with Gasteiger partial charge in [-0.3, -0.25) is 19.8 Å². The Morgan fingerprint density at radius 3 is 2.29 bits per heavy atom. The van der Waals surface area contributed by atoms with Crippen LogP contribution in [-0.2, 0) is 9.59 Å². The molecule has 3 fully saturated rings. The predicted octanol–water partition coefficient (Wildman–Crippen LogP) is 2.29. The van der Waals surface area contributed by atoms with Crippen molar-refractivity contribution in [2.24, 2.45) is 29.1 Å². The van der Waals surface area contributed by atoms with Crippen molar-refractivity contribution < 1.29 is 14.4 Å². The lowest BCUT2D eigenvalue weighted by Crippen LogP contribution is -2.47. The summed E-state index contributed by atoms with van der Waals surface area (Å²) < 4.78 is 0.768. The molecule has 3 aliphatic carbocycles. The highest BCUT2D eigenvalue weighted by molar-refractivity contribution is 9.10. The maximum atomic E-state index is 12.8. The Kier molecular flexibility index (Phi) is 2.74. The van der Waals surface area contributed by atoms with Gasteiger partial charge in [0.05, 0.1) is 11.8 Å². The van der Waals surface area contributed by atoms with Gasteiger partial charge in [-0.15, -0.1) is 0 Å². The van der Waals surface area contributed by atoms with E-state index in [1.807, 2.05) is 6.07 Å². The van der Waals surface area contributed by atoms with Crippen LogP contribution in [0.2, 0.25) is 0 Å². The molecule has 5 nitrogen and oxygen atoms in total. The number of hydrogen-bond donors (Lipinski definition) is 1. The Morgan fingerprint density at radius 1 is 1.12 bits per heavy atom. The SMILES string of the molecule is O=C(NN1C(=O)C2C(C1=O)C1C=CC2C12CC2)c1cccc(Br)c1. The maximum Gasteiger partial charge on any atom is 0.270 e. The van der Waals surface area contributed by atoms with E-state index in [0.717, 1.165) is 22.3 Å². The van der Waals surface area contributed by atoms with Gasteiger partial charge in [-0.05, 0) is 48.3 Å². The standard InChI is InChI=1S/C18H15BrN2O3/c19-10-3-1-2-9(8-10)15(22)20-21-16(23)13-11-4-5-12(14(13)17(21)24)18(11)6-7-18/h1-5,8,11-14H,6-7H2,(H,20,22). The number of hydrazine groups is 1. The largest absolute Gasteiger partial charge is 0.272 e. The first-order chi connectivity index (χ1) is 11.5. The summed E-state index contributed by atoms with van der Waals surface area (Å²) in [7, 11) is 0. The van der Waals surface area contributed by atoms with E-state index in [9.17, 15) is 14.4 Å². The molecule has 122 valence electrons. The highest BCUT2D eigenvalue weighted by Gasteiger charge is 2.73. The van der Waals surface area contributed by atoms with Gasteiger partial charge in [0.15, 0.2) is 0 Å². The van der Waals surface area contributed by atoms with Crippen molar-refractivity contribution in [2.75, 3.05) is 0 Å². The van der Waals surface area contributed by atoms with Gasteiger partial charge in [0.25, 0.3) is 17.7 Å². The van der Waals surface area contributed by atoms with Gasteiger partial charge >= 0.3 is 0 Å². The Hall–Kier alpha value is -1.95. The normalized spacial score (nSPS) is 34.1. The minimum Gasteiger partial charge on any atom is -0.272 e. The van der Waals surface area contributed by atoms with Crippen molar-refractivity contribution in [3.05, 3.63) is 46.5 Å². The van der Waals surface area contributed by atoms with Crippen LogP contribution < -0.4 is 5.43 Å². The monoisotopic (exact) mass is 386 g/mol. The van der Waals surface area contributed by atoms with Gasteiger partial charge in [0, 0.05) is 10.0 Å². The molecule has 1 aromatic carbocycles. The lowest BCUT2D eigenvalue weighted by Gasteiger charge is -2.22. The molecule has 4 aliphatic rings.